The summed E-state index contributed by atoms with van der Waals surface area (Å²) in [7, 11) is 0. The van der Waals surface area contributed by atoms with Crippen LogP contribution in [0, 0.1) is 0 Å². The second kappa shape index (κ2) is 5.66. The summed E-state index contributed by atoms with van der Waals surface area (Å²) >= 11 is 0. The van der Waals surface area contributed by atoms with Crippen LogP contribution in [0.1, 0.15) is 23.6 Å². The largest absolute Gasteiger partial charge is 0.417 e. The molecule has 0 amide bonds. The van der Waals surface area contributed by atoms with E-state index in [0.29, 0.717) is 12.0 Å². The maximum atomic E-state index is 13.2. The quantitative estimate of drug-likeness (QED) is 0.600. The molecule has 118 valence electrons. The highest BCUT2D eigenvalue weighted by Gasteiger charge is 2.38. The van der Waals surface area contributed by atoms with Crippen molar-refractivity contribution in [2.75, 3.05) is 0 Å². The molecule has 0 aliphatic carbocycles. The molecule has 0 aliphatic rings. The fourth-order valence-corrected chi connectivity index (χ4v) is 2.25. The van der Waals surface area contributed by atoms with Crippen LogP contribution < -0.4 is 0 Å². The third kappa shape index (κ3) is 3.26. The molecule has 0 bridgehead atoms. The third-order valence-corrected chi connectivity index (χ3v) is 3.32. The molecule has 22 heavy (non-hydrogen) atoms. The smallest absolute Gasteiger partial charge is 0.166 e. The minimum Gasteiger partial charge on any atom is -0.166 e. The van der Waals surface area contributed by atoms with Gasteiger partial charge in [-0.2, -0.15) is 26.3 Å². The van der Waals surface area contributed by atoms with Crippen molar-refractivity contribution < 1.29 is 26.3 Å². The summed E-state index contributed by atoms with van der Waals surface area (Å²) < 4.78 is 78.7. The van der Waals surface area contributed by atoms with Crippen molar-refractivity contribution >= 4 is 0 Å². The molecule has 0 radical (unpaired) electrons. The maximum absolute atomic E-state index is 13.2. The van der Waals surface area contributed by atoms with E-state index in [1.165, 1.54) is 12.1 Å². The summed E-state index contributed by atoms with van der Waals surface area (Å²) in [5.74, 6) is 0. The molecule has 2 rings (SSSR count). The molecule has 0 aromatic heterocycles. The zero-order valence-corrected chi connectivity index (χ0v) is 11.5. The van der Waals surface area contributed by atoms with Crippen LogP contribution in [-0.4, -0.2) is 0 Å². The van der Waals surface area contributed by atoms with E-state index in [2.05, 4.69) is 0 Å². The molecule has 0 saturated carbocycles. The molecule has 0 N–H and O–H groups in total. The number of rotatable bonds is 2. The minimum atomic E-state index is -4.72. The van der Waals surface area contributed by atoms with Crippen molar-refractivity contribution in [3.05, 3.63) is 59.2 Å². The first-order valence-electron chi connectivity index (χ1n) is 6.51. The van der Waals surface area contributed by atoms with Crippen molar-refractivity contribution in [1.82, 2.24) is 0 Å². The Kier molecular flexibility index (Phi) is 4.22. The molecule has 0 atom stereocenters. The van der Waals surface area contributed by atoms with Crippen LogP contribution in [0.3, 0.4) is 0 Å². The Balaban J connectivity index is 2.74. The highest BCUT2D eigenvalue weighted by molar-refractivity contribution is 5.72. The molecule has 2 aromatic rings. The molecular weight excluding hydrogens is 306 g/mol. The molecule has 0 fully saturated rings. The zero-order chi connectivity index (χ0) is 16.5. The van der Waals surface area contributed by atoms with E-state index >= 15 is 0 Å². The Morgan fingerprint density at radius 1 is 0.727 bits per heavy atom. The molecule has 6 heteroatoms. The normalized spacial score (nSPS) is 12.5. The molecule has 2 aromatic carbocycles. The van der Waals surface area contributed by atoms with Crippen LogP contribution >= 0.6 is 0 Å². The second-order valence-electron chi connectivity index (χ2n) is 4.77. The van der Waals surface area contributed by atoms with Crippen LogP contribution in [0.25, 0.3) is 11.1 Å². The van der Waals surface area contributed by atoms with Crippen molar-refractivity contribution in [3.8, 4) is 11.1 Å². The van der Waals surface area contributed by atoms with Crippen molar-refractivity contribution in [1.29, 1.82) is 0 Å². The predicted molar refractivity (Wildman–Crippen MR) is 71.3 cm³/mol. The van der Waals surface area contributed by atoms with Gasteiger partial charge in [0.25, 0.3) is 0 Å². The van der Waals surface area contributed by atoms with Crippen molar-refractivity contribution in [2.24, 2.45) is 0 Å². The van der Waals surface area contributed by atoms with Gasteiger partial charge >= 0.3 is 12.4 Å². The van der Waals surface area contributed by atoms with Gasteiger partial charge in [-0.3, -0.25) is 0 Å². The van der Waals surface area contributed by atoms with E-state index in [1.807, 2.05) is 0 Å². The zero-order valence-electron chi connectivity index (χ0n) is 11.5. The van der Waals surface area contributed by atoms with E-state index in [4.69, 9.17) is 0 Å². The van der Waals surface area contributed by atoms with Crippen molar-refractivity contribution in [3.63, 3.8) is 0 Å². The lowest BCUT2D eigenvalue weighted by Crippen LogP contribution is -2.11. The van der Waals surface area contributed by atoms with E-state index in [-0.39, 0.29) is 0 Å². The lowest BCUT2D eigenvalue weighted by atomic mass is 9.93. The van der Waals surface area contributed by atoms with Gasteiger partial charge in [0.05, 0.1) is 11.1 Å². The number of benzene rings is 2. The van der Waals surface area contributed by atoms with E-state index in [0.717, 1.165) is 30.3 Å². The average molecular weight is 318 g/mol. The van der Waals surface area contributed by atoms with E-state index in [9.17, 15) is 26.3 Å². The number of hydrogen-bond acceptors (Lipinski definition) is 0. The standard InChI is InChI=1S/C16H12F6/c1-2-10-7-8-12(14(9-10)16(20,21)22)11-5-3-4-6-13(11)15(17,18)19/h3-9H,2H2,1H3. The lowest BCUT2D eigenvalue weighted by molar-refractivity contribution is -0.139. The highest BCUT2D eigenvalue weighted by atomic mass is 19.4. The van der Waals surface area contributed by atoms with Gasteiger partial charge in [-0.1, -0.05) is 37.3 Å². The van der Waals surface area contributed by atoms with Crippen LogP contribution in [0.4, 0.5) is 26.3 Å². The Labute approximate surface area is 123 Å². The second-order valence-corrected chi connectivity index (χ2v) is 4.77. The van der Waals surface area contributed by atoms with Gasteiger partial charge in [0.15, 0.2) is 0 Å². The summed E-state index contributed by atoms with van der Waals surface area (Å²) in [5, 5.41) is 0. The molecular formula is C16H12F6. The third-order valence-electron chi connectivity index (χ3n) is 3.32. The number of hydrogen-bond donors (Lipinski definition) is 0. The lowest BCUT2D eigenvalue weighted by Gasteiger charge is -2.18. The number of aryl methyl sites for hydroxylation is 1. The molecule has 0 unspecified atom stereocenters. The molecule has 0 nitrogen and oxygen atoms in total. The number of alkyl halides is 6. The summed E-state index contributed by atoms with van der Waals surface area (Å²) in [5.41, 5.74) is -2.64. The first kappa shape index (κ1) is 16.4. The van der Waals surface area contributed by atoms with Crippen molar-refractivity contribution in [2.45, 2.75) is 25.7 Å². The van der Waals surface area contributed by atoms with Gasteiger partial charge < -0.3 is 0 Å². The van der Waals surface area contributed by atoms with Gasteiger partial charge in [-0.05, 0) is 35.2 Å². The highest BCUT2D eigenvalue weighted by Crippen LogP contribution is 2.42. The molecule has 0 aliphatic heterocycles. The first-order valence-corrected chi connectivity index (χ1v) is 6.51. The van der Waals surface area contributed by atoms with Gasteiger partial charge in [-0.25, -0.2) is 0 Å². The Morgan fingerprint density at radius 3 is 1.82 bits per heavy atom. The average Bonchev–Trinajstić information content (AvgIpc) is 2.45. The first-order chi connectivity index (χ1) is 10.1. The van der Waals surface area contributed by atoms with Gasteiger partial charge in [0, 0.05) is 0 Å². The minimum absolute atomic E-state index is 0.365. The topological polar surface area (TPSA) is 0 Å². The Morgan fingerprint density at radius 2 is 1.27 bits per heavy atom. The molecule has 0 spiro atoms. The monoisotopic (exact) mass is 318 g/mol. The van der Waals surface area contributed by atoms with Gasteiger partial charge in [0.2, 0.25) is 0 Å². The fourth-order valence-electron chi connectivity index (χ4n) is 2.25. The van der Waals surface area contributed by atoms with E-state index in [1.54, 1.807) is 6.92 Å². The van der Waals surface area contributed by atoms with E-state index < -0.39 is 34.6 Å². The SMILES string of the molecule is CCc1ccc(-c2ccccc2C(F)(F)F)c(C(F)(F)F)c1. The fraction of sp³-hybridized carbons (Fsp3) is 0.250. The molecule has 0 heterocycles. The summed E-state index contributed by atoms with van der Waals surface area (Å²) in [6.45, 7) is 1.68. The van der Waals surface area contributed by atoms with Gasteiger partial charge in [0.1, 0.15) is 0 Å². The Hall–Kier alpha value is -1.98. The predicted octanol–water partition coefficient (Wildman–Crippen LogP) is 5.95. The van der Waals surface area contributed by atoms with Gasteiger partial charge in [-0.15, -0.1) is 0 Å². The molecule has 0 saturated heterocycles. The van der Waals surface area contributed by atoms with Crippen LogP contribution in [-0.2, 0) is 18.8 Å². The van der Waals surface area contributed by atoms with Crippen LogP contribution in [0.2, 0.25) is 0 Å². The van der Waals surface area contributed by atoms with Crippen LogP contribution in [0.5, 0.6) is 0 Å². The summed E-state index contributed by atoms with van der Waals surface area (Å²) in [6, 6.07) is 7.70. The Bertz CT molecular complexity index is 667. The van der Waals surface area contributed by atoms with Crippen LogP contribution in [0.15, 0.2) is 42.5 Å². The summed E-state index contributed by atoms with van der Waals surface area (Å²) in [6.07, 6.45) is -9.08. The number of halogens is 6. The maximum Gasteiger partial charge on any atom is 0.417 e. The summed E-state index contributed by atoms with van der Waals surface area (Å²) in [4.78, 5) is 0.